The number of hydrogen-bond acceptors (Lipinski definition) is 3. The molecule has 3 rings (SSSR count). The molecule has 0 fully saturated rings. The molecular formula is C23H23FN2O3S. The van der Waals surface area contributed by atoms with Crippen molar-refractivity contribution in [2.45, 2.75) is 25.2 Å². The summed E-state index contributed by atoms with van der Waals surface area (Å²) < 4.78 is 40.6. The fourth-order valence-electron chi connectivity index (χ4n) is 2.91. The molecule has 1 amide bonds. The van der Waals surface area contributed by atoms with Gasteiger partial charge in [0.05, 0.1) is 10.6 Å². The minimum absolute atomic E-state index is 0.176. The molecule has 0 aliphatic carbocycles. The van der Waals surface area contributed by atoms with Gasteiger partial charge in [-0.1, -0.05) is 29.8 Å². The smallest absolute Gasteiger partial charge is 0.261 e. The zero-order valence-electron chi connectivity index (χ0n) is 16.8. The van der Waals surface area contributed by atoms with E-state index in [-0.39, 0.29) is 16.6 Å². The zero-order valence-corrected chi connectivity index (χ0v) is 17.6. The number of halogens is 1. The van der Waals surface area contributed by atoms with Crippen molar-refractivity contribution < 1.29 is 17.6 Å². The third-order valence-electron chi connectivity index (χ3n) is 4.68. The molecule has 30 heavy (non-hydrogen) atoms. The molecule has 3 aromatic rings. The Labute approximate surface area is 176 Å². The summed E-state index contributed by atoms with van der Waals surface area (Å²) in [6.07, 6.45) is 0.583. The number of nitrogens with one attached hydrogen (secondary N) is 2. The summed E-state index contributed by atoms with van der Waals surface area (Å²) in [6.45, 7) is 4.03. The van der Waals surface area contributed by atoms with Gasteiger partial charge in [0.15, 0.2) is 0 Å². The molecule has 0 heterocycles. The van der Waals surface area contributed by atoms with Crippen LogP contribution in [-0.4, -0.2) is 20.9 Å². The van der Waals surface area contributed by atoms with E-state index < -0.39 is 10.0 Å². The Morgan fingerprint density at radius 2 is 1.60 bits per heavy atom. The van der Waals surface area contributed by atoms with Crippen LogP contribution in [0.1, 0.15) is 27.0 Å². The molecule has 5 nitrogen and oxygen atoms in total. The summed E-state index contributed by atoms with van der Waals surface area (Å²) in [7, 11) is -3.71. The lowest BCUT2D eigenvalue weighted by molar-refractivity contribution is 0.0954. The van der Waals surface area contributed by atoms with Crippen molar-refractivity contribution in [1.29, 1.82) is 0 Å². The van der Waals surface area contributed by atoms with Crippen molar-refractivity contribution in [2.75, 3.05) is 11.3 Å². The number of anilines is 1. The third-order valence-corrected chi connectivity index (χ3v) is 6.06. The number of hydrogen-bond donors (Lipinski definition) is 2. The summed E-state index contributed by atoms with van der Waals surface area (Å²) in [5, 5.41) is 2.82. The topological polar surface area (TPSA) is 75.3 Å². The van der Waals surface area contributed by atoms with Gasteiger partial charge in [-0.05, 0) is 73.9 Å². The molecule has 7 heteroatoms. The lowest BCUT2D eigenvalue weighted by Crippen LogP contribution is -2.25. The second-order valence-electron chi connectivity index (χ2n) is 7.08. The van der Waals surface area contributed by atoms with E-state index in [0.717, 1.165) is 11.1 Å². The van der Waals surface area contributed by atoms with E-state index in [4.69, 9.17) is 0 Å². The van der Waals surface area contributed by atoms with Gasteiger partial charge in [-0.25, -0.2) is 12.8 Å². The Balaban J connectivity index is 1.63. The first-order valence-electron chi connectivity index (χ1n) is 9.47. The highest BCUT2D eigenvalue weighted by Gasteiger charge is 2.16. The highest BCUT2D eigenvalue weighted by atomic mass is 32.2. The standard InChI is InChI=1S/C23H23FN2O3S/c1-16-3-10-21(11-4-16)30(28,29)26-22-12-7-19(15-17(22)2)23(27)25-14-13-18-5-8-20(24)9-6-18/h3-12,15,26H,13-14H2,1-2H3,(H,25,27). The first-order valence-corrected chi connectivity index (χ1v) is 11.0. The molecule has 3 aromatic carbocycles. The molecule has 0 radical (unpaired) electrons. The molecule has 0 aromatic heterocycles. The average Bonchev–Trinajstić information content (AvgIpc) is 2.71. The monoisotopic (exact) mass is 426 g/mol. The summed E-state index contributed by atoms with van der Waals surface area (Å²) >= 11 is 0. The van der Waals surface area contributed by atoms with E-state index in [0.29, 0.717) is 29.8 Å². The van der Waals surface area contributed by atoms with Gasteiger partial charge < -0.3 is 5.32 Å². The molecule has 0 saturated heterocycles. The van der Waals surface area contributed by atoms with Crippen molar-refractivity contribution in [2.24, 2.45) is 0 Å². The first-order chi connectivity index (χ1) is 14.2. The molecule has 0 atom stereocenters. The lowest BCUT2D eigenvalue weighted by atomic mass is 10.1. The van der Waals surface area contributed by atoms with Crippen LogP contribution in [0.25, 0.3) is 0 Å². The molecule has 2 N–H and O–H groups in total. The van der Waals surface area contributed by atoms with Crippen LogP contribution in [0.3, 0.4) is 0 Å². The minimum atomic E-state index is -3.71. The maximum atomic E-state index is 12.9. The molecule has 0 unspecified atom stereocenters. The van der Waals surface area contributed by atoms with E-state index in [2.05, 4.69) is 10.0 Å². The normalized spacial score (nSPS) is 11.2. The van der Waals surface area contributed by atoms with E-state index in [1.165, 1.54) is 12.1 Å². The third kappa shape index (κ3) is 5.45. The Hall–Kier alpha value is -3.19. The fraction of sp³-hybridized carbons (Fsp3) is 0.174. The molecule has 156 valence electrons. The SMILES string of the molecule is Cc1ccc(S(=O)(=O)Nc2ccc(C(=O)NCCc3ccc(F)cc3)cc2C)cc1. The van der Waals surface area contributed by atoms with Crippen LogP contribution in [0.5, 0.6) is 0 Å². The van der Waals surface area contributed by atoms with Gasteiger partial charge in [-0.3, -0.25) is 9.52 Å². The van der Waals surface area contributed by atoms with E-state index in [1.807, 2.05) is 6.92 Å². The average molecular weight is 427 g/mol. The predicted molar refractivity (Wildman–Crippen MR) is 116 cm³/mol. The maximum absolute atomic E-state index is 12.9. The number of amides is 1. The Bertz CT molecular complexity index is 1140. The van der Waals surface area contributed by atoms with Crippen LogP contribution in [0.15, 0.2) is 71.6 Å². The van der Waals surface area contributed by atoms with Crippen molar-refractivity contribution >= 4 is 21.6 Å². The predicted octanol–water partition coefficient (Wildman–Crippen LogP) is 4.22. The molecule has 0 saturated carbocycles. The molecular weight excluding hydrogens is 403 g/mol. The van der Waals surface area contributed by atoms with Crippen LogP contribution >= 0.6 is 0 Å². The van der Waals surface area contributed by atoms with Crippen LogP contribution in [0.4, 0.5) is 10.1 Å². The lowest BCUT2D eigenvalue weighted by Gasteiger charge is -2.12. The number of benzene rings is 3. The summed E-state index contributed by atoms with van der Waals surface area (Å²) in [4.78, 5) is 12.6. The highest BCUT2D eigenvalue weighted by Crippen LogP contribution is 2.21. The zero-order chi connectivity index (χ0) is 21.7. The van der Waals surface area contributed by atoms with Crippen LogP contribution in [-0.2, 0) is 16.4 Å². The summed E-state index contributed by atoms with van der Waals surface area (Å²) in [6, 6.07) is 17.5. The van der Waals surface area contributed by atoms with Crippen molar-refractivity contribution in [3.8, 4) is 0 Å². The maximum Gasteiger partial charge on any atom is 0.261 e. The van der Waals surface area contributed by atoms with E-state index in [9.17, 15) is 17.6 Å². The summed E-state index contributed by atoms with van der Waals surface area (Å²) in [5.41, 5.74) is 3.38. The highest BCUT2D eigenvalue weighted by molar-refractivity contribution is 7.92. The van der Waals surface area contributed by atoms with Gasteiger partial charge >= 0.3 is 0 Å². The number of rotatable bonds is 7. The van der Waals surface area contributed by atoms with Crippen molar-refractivity contribution in [3.63, 3.8) is 0 Å². The number of sulfonamides is 1. The van der Waals surface area contributed by atoms with E-state index in [1.54, 1.807) is 61.5 Å². The fourth-order valence-corrected chi connectivity index (χ4v) is 4.04. The first kappa shape index (κ1) is 21.5. The van der Waals surface area contributed by atoms with Crippen molar-refractivity contribution in [1.82, 2.24) is 5.32 Å². The van der Waals surface area contributed by atoms with Crippen LogP contribution in [0.2, 0.25) is 0 Å². The van der Waals surface area contributed by atoms with Gasteiger partial charge in [0.25, 0.3) is 15.9 Å². The largest absolute Gasteiger partial charge is 0.352 e. The second-order valence-corrected chi connectivity index (χ2v) is 8.76. The van der Waals surface area contributed by atoms with Crippen LogP contribution < -0.4 is 10.0 Å². The van der Waals surface area contributed by atoms with Crippen molar-refractivity contribution in [3.05, 3.63) is 94.8 Å². The second kappa shape index (κ2) is 9.09. The number of aryl methyl sites for hydroxylation is 2. The van der Waals surface area contributed by atoms with Crippen LogP contribution in [0, 0.1) is 19.7 Å². The Morgan fingerprint density at radius 3 is 2.23 bits per heavy atom. The quantitative estimate of drug-likeness (QED) is 0.594. The number of carbonyl (C=O) groups is 1. The Kier molecular flexibility index (Phi) is 6.52. The van der Waals surface area contributed by atoms with Gasteiger partial charge in [0.1, 0.15) is 5.82 Å². The Morgan fingerprint density at radius 1 is 0.933 bits per heavy atom. The number of carbonyl (C=O) groups excluding carboxylic acids is 1. The molecule has 0 aliphatic heterocycles. The van der Waals surface area contributed by atoms with Gasteiger partial charge in [0.2, 0.25) is 0 Å². The van der Waals surface area contributed by atoms with E-state index >= 15 is 0 Å². The van der Waals surface area contributed by atoms with Gasteiger partial charge in [-0.15, -0.1) is 0 Å². The minimum Gasteiger partial charge on any atom is -0.352 e. The molecule has 0 spiro atoms. The van der Waals surface area contributed by atoms with Gasteiger partial charge in [-0.2, -0.15) is 0 Å². The van der Waals surface area contributed by atoms with Gasteiger partial charge in [0, 0.05) is 12.1 Å². The molecule has 0 aliphatic rings. The summed E-state index contributed by atoms with van der Waals surface area (Å²) in [5.74, 6) is -0.551. The molecule has 0 bridgehead atoms.